The summed E-state index contributed by atoms with van der Waals surface area (Å²) < 4.78 is 5.59. The zero-order chi connectivity index (χ0) is 18.8. The van der Waals surface area contributed by atoms with Crippen molar-refractivity contribution in [1.29, 1.82) is 0 Å². The normalized spacial score (nSPS) is 13.4. The quantitative estimate of drug-likeness (QED) is 0.614. The second kappa shape index (κ2) is 7.21. The Morgan fingerprint density at radius 2 is 2.00 bits per heavy atom. The van der Waals surface area contributed by atoms with Gasteiger partial charge in [0.25, 0.3) is 0 Å². The molecule has 0 spiro atoms. The molecule has 1 heterocycles. The summed E-state index contributed by atoms with van der Waals surface area (Å²) in [6.45, 7) is 4.21. The Kier molecular flexibility index (Phi) is 4.99. The van der Waals surface area contributed by atoms with Gasteiger partial charge in [-0.2, -0.15) is 0 Å². The van der Waals surface area contributed by atoms with Crippen LogP contribution in [0.25, 0.3) is 0 Å². The average molecular weight is 372 g/mol. The first-order valence-electron chi connectivity index (χ1n) is 8.29. The van der Waals surface area contributed by atoms with Crippen LogP contribution >= 0.6 is 12.2 Å². The van der Waals surface area contributed by atoms with E-state index in [9.17, 15) is 15.0 Å². The van der Waals surface area contributed by atoms with Gasteiger partial charge in [0.2, 0.25) is 5.91 Å². The second-order valence-corrected chi connectivity index (χ2v) is 6.80. The number of fused-ring (bicyclic) bond motifs is 1. The van der Waals surface area contributed by atoms with Crippen molar-refractivity contribution in [3.8, 4) is 17.2 Å². The Morgan fingerprint density at radius 1 is 1.23 bits per heavy atom. The van der Waals surface area contributed by atoms with Crippen LogP contribution in [-0.2, 0) is 4.79 Å². The monoisotopic (exact) mass is 372 g/mol. The van der Waals surface area contributed by atoms with Gasteiger partial charge in [-0.1, -0.05) is 26.1 Å². The van der Waals surface area contributed by atoms with Gasteiger partial charge in [-0.25, -0.2) is 0 Å². The van der Waals surface area contributed by atoms with Crippen LogP contribution in [0.1, 0.15) is 37.3 Å². The Hall–Kier alpha value is -2.80. The summed E-state index contributed by atoms with van der Waals surface area (Å²) in [5.41, 5.74) is 2.42. The second-order valence-electron chi connectivity index (χ2n) is 6.39. The number of amides is 1. The van der Waals surface area contributed by atoms with Crippen molar-refractivity contribution in [2.24, 2.45) is 0 Å². The molecule has 26 heavy (non-hydrogen) atoms. The average Bonchev–Trinajstić information content (AvgIpc) is 2.74. The fourth-order valence-corrected chi connectivity index (χ4v) is 3.01. The number of carbonyl (C=O) groups is 1. The fraction of sp³-hybridized carbons (Fsp3) is 0.263. The van der Waals surface area contributed by atoms with E-state index in [-0.39, 0.29) is 23.3 Å². The van der Waals surface area contributed by atoms with Crippen molar-refractivity contribution >= 4 is 34.5 Å². The van der Waals surface area contributed by atoms with Gasteiger partial charge < -0.3 is 25.6 Å². The van der Waals surface area contributed by atoms with E-state index in [1.807, 2.05) is 13.8 Å². The summed E-state index contributed by atoms with van der Waals surface area (Å²) in [4.78, 5) is 11.9. The zero-order valence-corrected chi connectivity index (χ0v) is 15.3. The lowest BCUT2D eigenvalue weighted by atomic mass is 9.99. The Labute approximate surface area is 156 Å². The van der Waals surface area contributed by atoms with Gasteiger partial charge in [0.1, 0.15) is 22.2 Å². The van der Waals surface area contributed by atoms with Crippen LogP contribution in [0.15, 0.2) is 30.3 Å². The highest BCUT2D eigenvalue weighted by Gasteiger charge is 2.17. The third-order valence-electron chi connectivity index (χ3n) is 4.11. The molecule has 0 unspecified atom stereocenters. The number of rotatable bonds is 3. The van der Waals surface area contributed by atoms with E-state index in [4.69, 9.17) is 17.0 Å². The lowest BCUT2D eigenvalue weighted by molar-refractivity contribution is -0.116. The molecule has 0 saturated heterocycles. The number of ether oxygens (including phenoxy) is 1. The molecule has 2 aromatic carbocycles. The number of phenols is 2. The van der Waals surface area contributed by atoms with Crippen molar-refractivity contribution < 1.29 is 19.7 Å². The Bertz CT molecular complexity index is 880. The van der Waals surface area contributed by atoms with E-state index in [0.29, 0.717) is 46.3 Å². The minimum absolute atomic E-state index is 0.0400. The van der Waals surface area contributed by atoms with Gasteiger partial charge in [-0.3, -0.25) is 4.79 Å². The number of benzene rings is 2. The molecule has 1 aliphatic rings. The standard InChI is InChI=1S/C19H20N2O4S/c1-10(2)12-8-13(16(23)9-15(12)22)19(26)20-11-3-4-14-17(7-11)25-6-5-18(24)21-14/h3-4,7-10,22-23H,5-6H2,1-2H3,(H,20,26)(H,21,24). The summed E-state index contributed by atoms with van der Waals surface area (Å²) in [6.07, 6.45) is 0.301. The van der Waals surface area contributed by atoms with Crippen molar-refractivity contribution in [3.05, 3.63) is 41.5 Å². The molecular weight excluding hydrogens is 352 g/mol. The fourth-order valence-electron chi connectivity index (χ4n) is 2.73. The number of aromatic hydroxyl groups is 2. The van der Waals surface area contributed by atoms with Crippen LogP contribution in [0.2, 0.25) is 0 Å². The summed E-state index contributed by atoms with van der Waals surface area (Å²) in [7, 11) is 0. The molecule has 0 saturated carbocycles. The van der Waals surface area contributed by atoms with Gasteiger partial charge in [-0.05, 0) is 29.7 Å². The molecule has 2 aromatic rings. The highest BCUT2D eigenvalue weighted by Crippen LogP contribution is 2.34. The molecular formula is C19H20N2O4S. The molecule has 3 rings (SSSR count). The molecule has 0 atom stereocenters. The number of carbonyl (C=O) groups excluding carboxylic acids is 1. The van der Waals surface area contributed by atoms with Gasteiger partial charge in [0, 0.05) is 17.8 Å². The molecule has 6 nitrogen and oxygen atoms in total. The first-order chi connectivity index (χ1) is 12.3. The molecule has 0 radical (unpaired) electrons. The predicted octanol–water partition coefficient (Wildman–Crippen LogP) is 3.73. The summed E-state index contributed by atoms with van der Waals surface area (Å²) >= 11 is 5.42. The maximum atomic E-state index is 11.6. The van der Waals surface area contributed by atoms with Crippen LogP contribution in [0.5, 0.6) is 17.2 Å². The van der Waals surface area contributed by atoms with E-state index in [2.05, 4.69) is 10.6 Å². The molecule has 4 N–H and O–H groups in total. The smallest absolute Gasteiger partial charge is 0.227 e. The topological polar surface area (TPSA) is 90.8 Å². The Balaban J connectivity index is 1.86. The minimum Gasteiger partial charge on any atom is -0.508 e. The van der Waals surface area contributed by atoms with Crippen molar-refractivity contribution in [3.63, 3.8) is 0 Å². The van der Waals surface area contributed by atoms with E-state index < -0.39 is 0 Å². The molecule has 1 aliphatic heterocycles. The van der Waals surface area contributed by atoms with E-state index in [0.717, 1.165) is 0 Å². The number of thiocarbonyl (C=S) groups is 1. The number of hydrogen-bond acceptors (Lipinski definition) is 5. The number of hydrogen-bond donors (Lipinski definition) is 4. The molecule has 0 bridgehead atoms. The van der Waals surface area contributed by atoms with E-state index in [1.165, 1.54) is 6.07 Å². The first kappa shape index (κ1) is 18.0. The van der Waals surface area contributed by atoms with Crippen LogP contribution < -0.4 is 15.4 Å². The highest BCUT2D eigenvalue weighted by molar-refractivity contribution is 7.81. The van der Waals surface area contributed by atoms with Gasteiger partial charge in [0.05, 0.1) is 24.3 Å². The van der Waals surface area contributed by atoms with Gasteiger partial charge in [-0.15, -0.1) is 0 Å². The third-order valence-corrected chi connectivity index (χ3v) is 4.43. The molecule has 0 aliphatic carbocycles. The van der Waals surface area contributed by atoms with E-state index >= 15 is 0 Å². The lowest BCUT2D eigenvalue weighted by Gasteiger charge is -2.15. The molecule has 1 amide bonds. The number of nitrogens with one attached hydrogen (secondary N) is 2. The Morgan fingerprint density at radius 3 is 2.73 bits per heavy atom. The first-order valence-corrected chi connectivity index (χ1v) is 8.70. The molecule has 136 valence electrons. The van der Waals surface area contributed by atoms with Crippen LogP contribution in [-0.4, -0.2) is 27.7 Å². The van der Waals surface area contributed by atoms with E-state index in [1.54, 1.807) is 24.3 Å². The van der Waals surface area contributed by atoms with Crippen molar-refractivity contribution in [1.82, 2.24) is 0 Å². The molecule has 0 aromatic heterocycles. The SMILES string of the molecule is CC(C)c1cc(C(=S)Nc2ccc3c(c2)OCCC(=O)N3)c(O)cc1O. The van der Waals surface area contributed by atoms with Crippen molar-refractivity contribution in [2.75, 3.05) is 17.2 Å². The van der Waals surface area contributed by atoms with Crippen molar-refractivity contribution in [2.45, 2.75) is 26.2 Å². The van der Waals surface area contributed by atoms with Crippen LogP contribution in [0.3, 0.4) is 0 Å². The number of anilines is 2. The molecule has 0 fully saturated rings. The summed E-state index contributed by atoms with van der Waals surface area (Å²) in [5.74, 6) is 0.499. The highest BCUT2D eigenvalue weighted by atomic mass is 32.1. The summed E-state index contributed by atoms with van der Waals surface area (Å²) in [5, 5.41) is 25.9. The van der Waals surface area contributed by atoms with Crippen LogP contribution in [0, 0.1) is 0 Å². The summed E-state index contributed by atoms with van der Waals surface area (Å²) in [6, 6.07) is 8.23. The van der Waals surface area contributed by atoms with Gasteiger partial charge in [0.15, 0.2) is 0 Å². The predicted molar refractivity (Wildman–Crippen MR) is 104 cm³/mol. The minimum atomic E-state index is -0.0947. The zero-order valence-electron chi connectivity index (χ0n) is 14.5. The largest absolute Gasteiger partial charge is 0.508 e. The van der Waals surface area contributed by atoms with Gasteiger partial charge >= 0.3 is 0 Å². The number of phenolic OH excluding ortho intramolecular Hbond substituents is 2. The maximum absolute atomic E-state index is 11.6. The van der Waals surface area contributed by atoms with Crippen LogP contribution in [0.4, 0.5) is 11.4 Å². The third kappa shape index (κ3) is 3.72. The molecule has 7 heteroatoms. The maximum Gasteiger partial charge on any atom is 0.227 e. The lowest BCUT2D eigenvalue weighted by Crippen LogP contribution is -2.12.